The van der Waals surface area contributed by atoms with Gasteiger partial charge in [0.05, 0.1) is 6.33 Å². The van der Waals surface area contributed by atoms with Crippen LogP contribution in [0.4, 0.5) is 5.95 Å². The van der Waals surface area contributed by atoms with Crippen LogP contribution in [0.3, 0.4) is 0 Å². The molecule has 18 heavy (non-hydrogen) atoms. The highest BCUT2D eigenvalue weighted by Gasteiger charge is 2.12. The van der Waals surface area contributed by atoms with E-state index in [2.05, 4.69) is 15.0 Å². The van der Waals surface area contributed by atoms with E-state index in [4.69, 9.17) is 27.5 Å². The highest BCUT2D eigenvalue weighted by molar-refractivity contribution is 6.33. The predicted molar refractivity (Wildman–Crippen MR) is 67.0 cm³/mol. The van der Waals surface area contributed by atoms with E-state index >= 15 is 0 Å². The highest BCUT2D eigenvalue weighted by Crippen LogP contribution is 2.20. The van der Waals surface area contributed by atoms with Crippen molar-refractivity contribution in [3.05, 3.63) is 11.5 Å². The van der Waals surface area contributed by atoms with Gasteiger partial charge < -0.3 is 20.5 Å². The minimum absolute atomic E-state index is 0.0546. The zero-order chi connectivity index (χ0) is 13.1. The van der Waals surface area contributed by atoms with Gasteiger partial charge in [-0.15, -0.1) is 0 Å². The first-order valence-corrected chi connectivity index (χ1v) is 5.89. The number of hydrogen-bond acceptors (Lipinski definition) is 6. The summed E-state index contributed by atoms with van der Waals surface area (Å²) in [5.41, 5.74) is 6.59. The minimum atomic E-state index is -0.155. The summed E-state index contributed by atoms with van der Waals surface area (Å²) < 4.78 is 1.78. The van der Waals surface area contributed by atoms with Gasteiger partial charge in [-0.1, -0.05) is 11.6 Å². The summed E-state index contributed by atoms with van der Waals surface area (Å²) in [5.74, 6) is -0.0628. The molecule has 0 radical (unpaired) electrons. The molecule has 2 aromatic heterocycles. The molecule has 2 aromatic rings. The topological polar surface area (TPSA) is 110 Å². The van der Waals surface area contributed by atoms with Crippen molar-refractivity contribution in [2.45, 2.75) is 13.0 Å². The minimum Gasteiger partial charge on any atom is -0.396 e. The molecule has 4 N–H and O–H groups in total. The lowest BCUT2D eigenvalue weighted by Crippen LogP contribution is -2.14. The Bertz CT molecular complexity index is 540. The van der Waals surface area contributed by atoms with Crippen molar-refractivity contribution in [2.24, 2.45) is 5.92 Å². The molecule has 0 aromatic carbocycles. The van der Waals surface area contributed by atoms with E-state index in [9.17, 15) is 0 Å². The smallest absolute Gasteiger partial charge is 0.223 e. The van der Waals surface area contributed by atoms with E-state index < -0.39 is 0 Å². The highest BCUT2D eigenvalue weighted by atomic mass is 35.5. The van der Waals surface area contributed by atoms with Gasteiger partial charge in [0.15, 0.2) is 10.8 Å². The molecule has 0 saturated carbocycles. The number of nitrogens with two attached hydrogens (primary N) is 1. The molecule has 0 bridgehead atoms. The Morgan fingerprint density at radius 3 is 2.72 bits per heavy atom. The van der Waals surface area contributed by atoms with E-state index in [0.29, 0.717) is 24.1 Å². The van der Waals surface area contributed by atoms with Crippen LogP contribution in [0.15, 0.2) is 6.33 Å². The molecule has 0 spiro atoms. The van der Waals surface area contributed by atoms with Crippen molar-refractivity contribution in [3.63, 3.8) is 0 Å². The van der Waals surface area contributed by atoms with Crippen molar-refractivity contribution in [1.29, 1.82) is 0 Å². The number of hydrogen-bond donors (Lipinski definition) is 3. The molecule has 7 nitrogen and oxygen atoms in total. The maximum Gasteiger partial charge on any atom is 0.223 e. The lowest BCUT2D eigenvalue weighted by molar-refractivity contribution is 0.140. The zero-order valence-electron chi connectivity index (χ0n) is 9.62. The molecule has 0 atom stereocenters. The number of nitrogen functional groups attached to an aromatic ring is 1. The standard InChI is InChI=1S/C10H14ClN5O2/c11-8-7-9(15-10(12)14-8)16(5-13-7)2-1-6(3-17)4-18/h5-6,17-18H,1-4H2,(H2,12,14,15). The average Bonchev–Trinajstić information content (AvgIpc) is 2.74. The predicted octanol–water partition coefficient (Wildman–Crippen LogP) is 0.0528. The average molecular weight is 272 g/mol. The van der Waals surface area contributed by atoms with Gasteiger partial charge in [-0.25, -0.2) is 4.98 Å². The lowest BCUT2D eigenvalue weighted by atomic mass is 10.1. The van der Waals surface area contributed by atoms with Crippen molar-refractivity contribution in [3.8, 4) is 0 Å². The Balaban J connectivity index is 2.24. The molecular formula is C10H14ClN5O2. The Morgan fingerprint density at radius 1 is 1.33 bits per heavy atom. The summed E-state index contributed by atoms with van der Waals surface area (Å²) >= 11 is 5.91. The molecule has 0 fully saturated rings. The molecule has 0 aliphatic rings. The number of aliphatic hydroxyl groups is 2. The third kappa shape index (κ3) is 2.53. The van der Waals surface area contributed by atoms with Crippen LogP contribution in [-0.2, 0) is 6.54 Å². The molecule has 0 amide bonds. The first kappa shape index (κ1) is 13.0. The Hall–Kier alpha value is -1.44. The number of aliphatic hydroxyl groups excluding tert-OH is 2. The summed E-state index contributed by atoms with van der Waals surface area (Å²) in [6, 6.07) is 0. The van der Waals surface area contributed by atoms with E-state index in [1.807, 2.05) is 0 Å². The maximum absolute atomic E-state index is 9.00. The molecule has 98 valence electrons. The lowest BCUT2D eigenvalue weighted by Gasteiger charge is -2.11. The van der Waals surface area contributed by atoms with Gasteiger partial charge >= 0.3 is 0 Å². The van der Waals surface area contributed by atoms with Crippen molar-refractivity contribution in [2.75, 3.05) is 18.9 Å². The van der Waals surface area contributed by atoms with Crippen LogP contribution < -0.4 is 5.73 Å². The number of aromatic nitrogens is 4. The number of aryl methyl sites for hydroxylation is 1. The molecule has 0 saturated heterocycles. The molecular weight excluding hydrogens is 258 g/mol. The van der Waals surface area contributed by atoms with Crippen LogP contribution in [0, 0.1) is 5.92 Å². The van der Waals surface area contributed by atoms with Gasteiger partial charge in [0, 0.05) is 25.7 Å². The van der Waals surface area contributed by atoms with Gasteiger partial charge in [-0.3, -0.25) is 0 Å². The SMILES string of the molecule is Nc1nc(Cl)c2ncn(CCC(CO)CO)c2n1. The van der Waals surface area contributed by atoms with Crippen LogP contribution >= 0.6 is 11.6 Å². The van der Waals surface area contributed by atoms with Crippen LogP contribution in [0.2, 0.25) is 5.15 Å². The van der Waals surface area contributed by atoms with Gasteiger partial charge in [-0.05, 0) is 6.42 Å². The molecule has 2 rings (SSSR count). The normalized spacial score (nSPS) is 11.6. The number of halogens is 1. The second-order valence-corrected chi connectivity index (χ2v) is 4.36. The second kappa shape index (κ2) is 5.47. The fraction of sp³-hybridized carbons (Fsp3) is 0.500. The first-order valence-electron chi connectivity index (χ1n) is 5.51. The van der Waals surface area contributed by atoms with E-state index in [1.165, 1.54) is 0 Å². The van der Waals surface area contributed by atoms with E-state index in [0.717, 1.165) is 0 Å². The summed E-state index contributed by atoms with van der Waals surface area (Å²) in [6.45, 7) is 0.455. The number of rotatable bonds is 5. The monoisotopic (exact) mass is 271 g/mol. The molecule has 0 aliphatic carbocycles. The number of nitrogens with zero attached hydrogens (tertiary/aromatic N) is 4. The Kier molecular flexibility index (Phi) is 3.95. The number of imidazole rings is 1. The van der Waals surface area contributed by atoms with Gasteiger partial charge in [0.1, 0.15) is 5.52 Å². The summed E-state index contributed by atoms with van der Waals surface area (Å²) in [7, 11) is 0. The van der Waals surface area contributed by atoms with Crippen LogP contribution in [0.25, 0.3) is 11.2 Å². The van der Waals surface area contributed by atoms with Gasteiger partial charge in [-0.2, -0.15) is 9.97 Å². The Labute approximate surface area is 108 Å². The summed E-state index contributed by atoms with van der Waals surface area (Å²) in [5, 5.41) is 18.2. The Morgan fingerprint density at radius 2 is 2.06 bits per heavy atom. The van der Waals surface area contributed by atoms with Crippen molar-refractivity contribution >= 4 is 28.7 Å². The van der Waals surface area contributed by atoms with Gasteiger partial charge in [0.25, 0.3) is 0 Å². The van der Waals surface area contributed by atoms with Gasteiger partial charge in [0.2, 0.25) is 5.95 Å². The van der Waals surface area contributed by atoms with Crippen LogP contribution in [0.1, 0.15) is 6.42 Å². The maximum atomic E-state index is 9.00. The van der Waals surface area contributed by atoms with Crippen molar-refractivity contribution < 1.29 is 10.2 Å². The van der Waals surface area contributed by atoms with E-state index in [-0.39, 0.29) is 30.2 Å². The summed E-state index contributed by atoms with van der Waals surface area (Å²) in [4.78, 5) is 12.0. The van der Waals surface area contributed by atoms with E-state index in [1.54, 1.807) is 10.9 Å². The fourth-order valence-electron chi connectivity index (χ4n) is 1.65. The van der Waals surface area contributed by atoms with Crippen LogP contribution in [-0.4, -0.2) is 42.9 Å². The number of fused-ring (bicyclic) bond motifs is 1. The van der Waals surface area contributed by atoms with Crippen LogP contribution in [0.5, 0.6) is 0 Å². The largest absolute Gasteiger partial charge is 0.396 e. The summed E-state index contributed by atoms with van der Waals surface area (Å²) in [6.07, 6.45) is 2.20. The fourth-order valence-corrected chi connectivity index (χ4v) is 1.87. The molecule has 2 heterocycles. The first-order chi connectivity index (χ1) is 8.65. The molecule has 0 aliphatic heterocycles. The molecule has 0 unspecified atom stereocenters. The zero-order valence-corrected chi connectivity index (χ0v) is 10.4. The third-order valence-corrected chi connectivity index (χ3v) is 3.00. The third-order valence-electron chi connectivity index (χ3n) is 2.73. The van der Waals surface area contributed by atoms with Crippen molar-refractivity contribution in [1.82, 2.24) is 19.5 Å². The quantitative estimate of drug-likeness (QED) is 0.663. The number of anilines is 1. The molecule has 8 heteroatoms. The second-order valence-electron chi connectivity index (χ2n) is 4.00.